The van der Waals surface area contributed by atoms with Crippen molar-refractivity contribution in [2.24, 2.45) is 5.92 Å². The van der Waals surface area contributed by atoms with Crippen molar-refractivity contribution in [1.82, 2.24) is 5.32 Å². The Labute approximate surface area is 83.1 Å². The van der Waals surface area contributed by atoms with Gasteiger partial charge in [0.2, 0.25) is 0 Å². The minimum Gasteiger partial charge on any atom is -0.381 e. The Balaban J connectivity index is 3.28. The van der Waals surface area contributed by atoms with Crippen LogP contribution in [0, 0.1) is 5.92 Å². The van der Waals surface area contributed by atoms with Crippen molar-refractivity contribution in [2.75, 3.05) is 20.3 Å². The van der Waals surface area contributed by atoms with Gasteiger partial charge in [0.25, 0.3) is 0 Å². The summed E-state index contributed by atoms with van der Waals surface area (Å²) in [6.45, 7) is 8.48. The van der Waals surface area contributed by atoms with Crippen LogP contribution < -0.4 is 5.32 Å². The van der Waals surface area contributed by atoms with Crippen LogP contribution in [-0.4, -0.2) is 26.3 Å². The number of rotatable bonds is 8. The Morgan fingerprint density at radius 3 is 2.38 bits per heavy atom. The largest absolute Gasteiger partial charge is 0.381 e. The van der Waals surface area contributed by atoms with E-state index in [0.29, 0.717) is 6.04 Å². The Bertz CT molecular complexity index is 104. The second-order valence-electron chi connectivity index (χ2n) is 3.89. The summed E-state index contributed by atoms with van der Waals surface area (Å²) in [5.74, 6) is 0.719. The molecule has 0 spiro atoms. The predicted molar refractivity (Wildman–Crippen MR) is 58.0 cm³/mol. The van der Waals surface area contributed by atoms with Crippen LogP contribution in [0.5, 0.6) is 0 Å². The molecule has 0 aliphatic rings. The number of nitrogens with one attached hydrogen (secondary N) is 1. The molecule has 1 atom stereocenters. The molecule has 1 N–H and O–H groups in total. The van der Waals surface area contributed by atoms with Gasteiger partial charge in [0.15, 0.2) is 0 Å². The maximum absolute atomic E-state index is 5.43. The fraction of sp³-hybridized carbons (Fsp3) is 1.00. The smallest absolute Gasteiger partial charge is 0.0466 e. The highest BCUT2D eigenvalue weighted by atomic mass is 16.5. The molecule has 13 heavy (non-hydrogen) atoms. The Morgan fingerprint density at radius 2 is 1.92 bits per heavy atom. The quantitative estimate of drug-likeness (QED) is 0.589. The van der Waals surface area contributed by atoms with Gasteiger partial charge in [-0.15, -0.1) is 0 Å². The molecule has 1 unspecified atom stereocenters. The van der Waals surface area contributed by atoms with Gasteiger partial charge in [0.1, 0.15) is 0 Å². The maximum Gasteiger partial charge on any atom is 0.0466 e. The minimum absolute atomic E-state index is 0.644. The molecule has 0 heterocycles. The molecule has 0 bridgehead atoms. The predicted octanol–water partition coefficient (Wildman–Crippen LogP) is 2.44. The number of hydrogen-bond donors (Lipinski definition) is 1. The molecule has 0 radical (unpaired) electrons. The lowest BCUT2D eigenvalue weighted by atomic mass is 10.00. The van der Waals surface area contributed by atoms with Crippen molar-refractivity contribution >= 4 is 0 Å². The first-order chi connectivity index (χ1) is 6.22. The van der Waals surface area contributed by atoms with Gasteiger partial charge in [0.05, 0.1) is 0 Å². The zero-order chi connectivity index (χ0) is 10.1. The van der Waals surface area contributed by atoms with Crippen molar-refractivity contribution in [3.63, 3.8) is 0 Å². The number of ether oxygens (including phenoxy) is 1. The van der Waals surface area contributed by atoms with Crippen LogP contribution in [-0.2, 0) is 4.74 Å². The Kier molecular flexibility index (Phi) is 8.46. The van der Waals surface area contributed by atoms with E-state index < -0.39 is 0 Å². The molecular formula is C11H25NO. The molecule has 0 fully saturated rings. The van der Waals surface area contributed by atoms with Crippen molar-refractivity contribution in [2.45, 2.75) is 46.1 Å². The standard InChI is InChI=1S/C11H25NO/c1-5-8-13-9-6-7-11(12-4)10(2)3/h10-12H,5-9H2,1-4H3. The van der Waals surface area contributed by atoms with Crippen molar-refractivity contribution < 1.29 is 4.74 Å². The topological polar surface area (TPSA) is 21.3 Å². The highest BCUT2D eigenvalue weighted by Crippen LogP contribution is 2.07. The van der Waals surface area contributed by atoms with Crippen LogP contribution in [0.4, 0.5) is 0 Å². The molecule has 0 saturated heterocycles. The first kappa shape index (κ1) is 12.9. The minimum atomic E-state index is 0.644. The highest BCUT2D eigenvalue weighted by Gasteiger charge is 2.09. The lowest BCUT2D eigenvalue weighted by molar-refractivity contribution is 0.127. The fourth-order valence-corrected chi connectivity index (χ4v) is 1.46. The molecular weight excluding hydrogens is 162 g/mol. The third-order valence-corrected chi connectivity index (χ3v) is 2.33. The van der Waals surface area contributed by atoms with E-state index in [1.165, 1.54) is 12.8 Å². The Hall–Kier alpha value is -0.0800. The van der Waals surface area contributed by atoms with Gasteiger partial charge in [-0.25, -0.2) is 0 Å². The normalized spacial score (nSPS) is 13.6. The van der Waals surface area contributed by atoms with E-state index in [9.17, 15) is 0 Å². The van der Waals surface area contributed by atoms with E-state index in [0.717, 1.165) is 25.6 Å². The first-order valence-electron chi connectivity index (χ1n) is 5.47. The summed E-state index contributed by atoms with van der Waals surface area (Å²) in [7, 11) is 2.04. The molecule has 2 nitrogen and oxygen atoms in total. The van der Waals surface area contributed by atoms with Crippen molar-refractivity contribution in [3.8, 4) is 0 Å². The van der Waals surface area contributed by atoms with Gasteiger partial charge in [-0.05, 0) is 32.2 Å². The molecule has 2 heteroatoms. The van der Waals surface area contributed by atoms with E-state index >= 15 is 0 Å². The van der Waals surface area contributed by atoms with Gasteiger partial charge in [-0.3, -0.25) is 0 Å². The summed E-state index contributed by atoms with van der Waals surface area (Å²) in [6, 6.07) is 0.644. The molecule has 80 valence electrons. The van der Waals surface area contributed by atoms with E-state index in [2.05, 4.69) is 26.1 Å². The van der Waals surface area contributed by atoms with Gasteiger partial charge in [-0.1, -0.05) is 20.8 Å². The average Bonchev–Trinajstić information content (AvgIpc) is 2.10. The van der Waals surface area contributed by atoms with Gasteiger partial charge < -0.3 is 10.1 Å². The first-order valence-corrected chi connectivity index (χ1v) is 5.47. The lowest BCUT2D eigenvalue weighted by Crippen LogP contribution is -2.30. The molecule has 0 aromatic carbocycles. The van der Waals surface area contributed by atoms with Crippen LogP contribution >= 0.6 is 0 Å². The average molecular weight is 187 g/mol. The number of hydrogen-bond acceptors (Lipinski definition) is 2. The summed E-state index contributed by atoms with van der Waals surface area (Å²) in [4.78, 5) is 0. The van der Waals surface area contributed by atoms with Crippen LogP contribution in [0.3, 0.4) is 0 Å². The van der Waals surface area contributed by atoms with E-state index in [-0.39, 0.29) is 0 Å². The molecule has 0 rings (SSSR count). The second-order valence-corrected chi connectivity index (χ2v) is 3.89. The zero-order valence-corrected chi connectivity index (χ0v) is 9.60. The van der Waals surface area contributed by atoms with Gasteiger partial charge in [-0.2, -0.15) is 0 Å². The van der Waals surface area contributed by atoms with E-state index in [1.807, 2.05) is 7.05 Å². The summed E-state index contributed by atoms with van der Waals surface area (Å²) < 4.78 is 5.43. The Morgan fingerprint density at radius 1 is 1.23 bits per heavy atom. The highest BCUT2D eigenvalue weighted by molar-refractivity contribution is 4.67. The molecule has 0 aliphatic heterocycles. The van der Waals surface area contributed by atoms with Crippen molar-refractivity contribution in [1.29, 1.82) is 0 Å². The van der Waals surface area contributed by atoms with Crippen LogP contribution in [0.25, 0.3) is 0 Å². The summed E-state index contributed by atoms with van der Waals surface area (Å²) >= 11 is 0. The molecule has 0 aliphatic carbocycles. The molecule has 0 amide bonds. The lowest BCUT2D eigenvalue weighted by Gasteiger charge is -2.19. The third kappa shape index (κ3) is 7.03. The monoisotopic (exact) mass is 187 g/mol. The van der Waals surface area contributed by atoms with Crippen LogP contribution in [0.2, 0.25) is 0 Å². The van der Waals surface area contributed by atoms with Crippen LogP contribution in [0.1, 0.15) is 40.0 Å². The molecule has 0 saturated carbocycles. The van der Waals surface area contributed by atoms with E-state index in [1.54, 1.807) is 0 Å². The molecule has 0 aromatic heterocycles. The maximum atomic E-state index is 5.43. The second kappa shape index (κ2) is 8.52. The summed E-state index contributed by atoms with van der Waals surface area (Å²) in [5, 5.41) is 3.34. The van der Waals surface area contributed by atoms with Gasteiger partial charge in [0, 0.05) is 19.3 Å². The zero-order valence-electron chi connectivity index (χ0n) is 9.60. The van der Waals surface area contributed by atoms with Gasteiger partial charge >= 0.3 is 0 Å². The summed E-state index contributed by atoms with van der Waals surface area (Å²) in [5.41, 5.74) is 0. The fourth-order valence-electron chi connectivity index (χ4n) is 1.46. The van der Waals surface area contributed by atoms with Crippen molar-refractivity contribution in [3.05, 3.63) is 0 Å². The molecule has 0 aromatic rings. The third-order valence-electron chi connectivity index (χ3n) is 2.33. The summed E-state index contributed by atoms with van der Waals surface area (Å²) in [6.07, 6.45) is 3.52. The van der Waals surface area contributed by atoms with Crippen LogP contribution in [0.15, 0.2) is 0 Å². The SMILES string of the molecule is CCCOCCCC(NC)C(C)C. The van der Waals surface area contributed by atoms with E-state index in [4.69, 9.17) is 4.74 Å².